The third kappa shape index (κ3) is 10.2. The van der Waals surface area contributed by atoms with Crippen LogP contribution in [0.3, 0.4) is 0 Å². The zero-order valence-electron chi connectivity index (χ0n) is 29.8. The second-order valence-corrected chi connectivity index (χ2v) is 14.5. The summed E-state index contributed by atoms with van der Waals surface area (Å²) in [6.45, 7) is 8.49. The molecule has 2 atom stereocenters. The lowest BCUT2D eigenvalue weighted by atomic mass is 9.85. The van der Waals surface area contributed by atoms with Crippen LogP contribution in [0.4, 0.5) is 0 Å². The number of ether oxygens (including phenoxy) is 3. The fraction of sp³-hybridized carbons (Fsp3) is 0.359. The van der Waals surface area contributed by atoms with Crippen molar-refractivity contribution in [1.29, 1.82) is 0 Å². The van der Waals surface area contributed by atoms with Crippen LogP contribution in [0.25, 0.3) is 10.4 Å². The summed E-state index contributed by atoms with van der Waals surface area (Å²) in [6, 6.07) is 20.0. The molecular weight excluding hydrogens is 683 g/mol. The van der Waals surface area contributed by atoms with Crippen molar-refractivity contribution in [2.45, 2.75) is 59.2 Å². The molecule has 4 amide bonds. The molecule has 3 aromatic carbocycles. The molecule has 12 nitrogen and oxygen atoms in total. The van der Waals surface area contributed by atoms with E-state index < -0.39 is 29.3 Å². The van der Waals surface area contributed by atoms with Gasteiger partial charge in [0.1, 0.15) is 42.5 Å². The van der Waals surface area contributed by atoms with Crippen LogP contribution in [0.5, 0.6) is 17.2 Å². The normalized spacial score (nSPS) is 14.8. The molecule has 0 aliphatic carbocycles. The fourth-order valence-corrected chi connectivity index (χ4v) is 6.60. The highest BCUT2D eigenvalue weighted by molar-refractivity contribution is 7.13. The number of hydrogen-bond donors (Lipinski definition) is 3. The van der Waals surface area contributed by atoms with Gasteiger partial charge in [-0.3, -0.25) is 19.2 Å². The average Bonchev–Trinajstić information content (AvgIpc) is 3.79. The molecule has 1 aliphatic heterocycles. The van der Waals surface area contributed by atoms with Gasteiger partial charge in [0.2, 0.25) is 23.6 Å². The first-order chi connectivity index (χ1) is 24.9. The first-order valence-corrected chi connectivity index (χ1v) is 18.0. The van der Waals surface area contributed by atoms with Gasteiger partial charge in [-0.15, -0.1) is 11.3 Å². The van der Waals surface area contributed by atoms with E-state index in [0.717, 1.165) is 21.7 Å². The maximum atomic E-state index is 13.8. The third-order valence-corrected chi connectivity index (χ3v) is 9.59. The first-order valence-electron chi connectivity index (χ1n) is 17.1. The van der Waals surface area contributed by atoms with Gasteiger partial charge in [0.25, 0.3) is 0 Å². The Kier molecular flexibility index (Phi) is 12.6. The quantitative estimate of drug-likeness (QED) is 0.140. The van der Waals surface area contributed by atoms with E-state index in [0.29, 0.717) is 48.7 Å². The number of carbonyl (C=O) groups is 4. The van der Waals surface area contributed by atoms with E-state index in [1.807, 2.05) is 57.5 Å². The first kappa shape index (κ1) is 38.0. The van der Waals surface area contributed by atoms with Gasteiger partial charge < -0.3 is 35.5 Å². The summed E-state index contributed by atoms with van der Waals surface area (Å²) in [6.07, 6.45) is 1.25. The number of benzene rings is 3. The molecule has 4 aromatic rings. The molecule has 0 bridgehead atoms. The fourth-order valence-electron chi connectivity index (χ4n) is 5.79. The van der Waals surface area contributed by atoms with E-state index in [9.17, 15) is 19.2 Å². The van der Waals surface area contributed by atoms with Gasteiger partial charge in [0.05, 0.1) is 22.7 Å². The highest BCUT2D eigenvalue weighted by Gasteiger charge is 2.41. The lowest BCUT2D eigenvalue weighted by molar-refractivity contribution is -0.144. The van der Waals surface area contributed by atoms with E-state index in [1.165, 1.54) is 0 Å². The van der Waals surface area contributed by atoms with Crippen molar-refractivity contribution in [1.82, 2.24) is 20.5 Å². The van der Waals surface area contributed by atoms with E-state index in [1.54, 1.807) is 64.8 Å². The average molecular weight is 728 g/mol. The standard InChI is InChI=1S/C39H45N5O7S/c1-25-34(52-24-42-25)27-9-7-26(8-10-27)22-41-37(47)32-6-5-19-44(32)38(48)35(39(2,3)4)43-33(45)23-49-20-21-50-29-15-17-31(18-16-29)51-30-13-11-28(12-14-30)36(40)46/h7-18,24,32,35H,5-6,19-23H2,1-4H3,(H2,40,46)(H,41,47)(H,43,45)/t32-,35+/m0/s1. The van der Waals surface area contributed by atoms with Gasteiger partial charge in [0, 0.05) is 18.7 Å². The number of hydrogen-bond acceptors (Lipinski definition) is 9. The number of nitrogens with one attached hydrogen (secondary N) is 2. The summed E-state index contributed by atoms with van der Waals surface area (Å²) in [5.41, 5.74) is 9.91. The number of aromatic nitrogens is 1. The van der Waals surface area contributed by atoms with Gasteiger partial charge in [0.15, 0.2) is 0 Å². The van der Waals surface area contributed by atoms with Crippen LogP contribution in [0, 0.1) is 12.3 Å². The minimum Gasteiger partial charge on any atom is -0.491 e. The monoisotopic (exact) mass is 727 g/mol. The van der Waals surface area contributed by atoms with Gasteiger partial charge >= 0.3 is 0 Å². The predicted molar refractivity (Wildman–Crippen MR) is 198 cm³/mol. The van der Waals surface area contributed by atoms with Crippen molar-refractivity contribution in [2.75, 3.05) is 26.4 Å². The number of aryl methyl sites for hydroxylation is 1. The Morgan fingerprint density at radius 1 is 0.942 bits per heavy atom. The third-order valence-electron chi connectivity index (χ3n) is 8.61. The molecule has 0 saturated carbocycles. The number of nitrogens with two attached hydrogens (primary N) is 1. The van der Waals surface area contributed by atoms with Crippen LogP contribution in [0.2, 0.25) is 0 Å². The Hall–Kier alpha value is -5.27. The number of thiazole rings is 1. The minimum absolute atomic E-state index is 0.147. The molecule has 4 N–H and O–H groups in total. The smallest absolute Gasteiger partial charge is 0.248 e. The minimum atomic E-state index is -0.849. The number of amides is 4. The van der Waals surface area contributed by atoms with Crippen LogP contribution < -0.4 is 25.8 Å². The van der Waals surface area contributed by atoms with Crippen LogP contribution in [-0.2, 0) is 25.7 Å². The van der Waals surface area contributed by atoms with E-state index in [2.05, 4.69) is 15.6 Å². The van der Waals surface area contributed by atoms with Crippen LogP contribution >= 0.6 is 11.3 Å². The molecule has 13 heteroatoms. The summed E-state index contributed by atoms with van der Waals surface area (Å²) in [7, 11) is 0. The molecule has 0 unspecified atom stereocenters. The van der Waals surface area contributed by atoms with E-state index in [-0.39, 0.29) is 31.6 Å². The zero-order chi connectivity index (χ0) is 37.3. The summed E-state index contributed by atoms with van der Waals surface area (Å²) in [5.74, 6) is 0.286. The Labute approximate surface area is 307 Å². The molecule has 5 rings (SSSR count). The van der Waals surface area contributed by atoms with Crippen molar-refractivity contribution in [3.8, 4) is 27.7 Å². The van der Waals surface area contributed by atoms with Crippen molar-refractivity contribution in [3.63, 3.8) is 0 Å². The van der Waals surface area contributed by atoms with Crippen molar-refractivity contribution in [2.24, 2.45) is 11.1 Å². The van der Waals surface area contributed by atoms with Crippen molar-refractivity contribution in [3.05, 3.63) is 95.1 Å². The SMILES string of the molecule is Cc1ncsc1-c1ccc(CNC(=O)[C@@H]2CCCN2C(=O)[C@@H](NC(=O)COCCOc2ccc(Oc3ccc(C(N)=O)cc3)cc2)C(C)(C)C)cc1. The number of nitrogens with zero attached hydrogens (tertiary/aromatic N) is 2. The highest BCUT2D eigenvalue weighted by Crippen LogP contribution is 2.29. The summed E-state index contributed by atoms with van der Waals surface area (Å²) in [5, 5.41) is 5.84. The highest BCUT2D eigenvalue weighted by atomic mass is 32.1. The van der Waals surface area contributed by atoms with Gasteiger partial charge in [-0.05, 0) is 84.8 Å². The molecule has 274 valence electrons. The lowest BCUT2D eigenvalue weighted by Crippen LogP contribution is -2.58. The maximum absolute atomic E-state index is 13.8. The van der Waals surface area contributed by atoms with Crippen LogP contribution in [-0.4, -0.2) is 72.0 Å². The lowest BCUT2D eigenvalue weighted by Gasteiger charge is -2.35. The predicted octanol–water partition coefficient (Wildman–Crippen LogP) is 5.24. The molecule has 1 saturated heterocycles. The number of likely N-dealkylation sites (tertiary alicyclic amines) is 1. The van der Waals surface area contributed by atoms with Gasteiger partial charge in [-0.1, -0.05) is 45.0 Å². The molecule has 0 radical (unpaired) electrons. The molecule has 1 aromatic heterocycles. The molecular formula is C39H45N5O7S. The van der Waals surface area contributed by atoms with Crippen molar-refractivity contribution >= 4 is 35.0 Å². The Morgan fingerprint density at radius 3 is 2.21 bits per heavy atom. The van der Waals surface area contributed by atoms with E-state index >= 15 is 0 Å². The Morgan fingerprint density at radius 2 is 1.60 bits per heavy atom. The summed E-state index contributed by atoms with van der Waals surface area (Å²) >= 11 is 1.59. The van der Waals surface area contributed by atoms with E-state index in [4.69, 9.17) is 19.9 Å². The number of rotatable bonds is 15. The molecule has 52 heavy (non-hydrogen) atoms. The molecule has 0 spiro atoms. The second-order valence-electron chi connectivity index (χ2n) is 13.6. The Balaban J connectivity index is 1.05. The van der Waals surface area contributed by atoms with Crippen LogP contribution in [0.1, 0.15) is 55.2 Å². The molecule has 2 heterocycles. The Bertz CT molecular complexity index is 1840. The van der Waals surface area contributed by atoms with Gasteiger partial charge in [-0.25, -0.2) is 4.98 Å². The summed E-state index contributed by atoms with van der Waals surface area (Å²) in [4.78, 5) is 58.3. The maximum Gasteiger partial charge on any atom is 0.248 e. The molecule has 1 fully saturated rings. The topological polar surface area (TPSA) is 162 Å². The largest absolute Gasteiger partial charge is 0.491 e. The number of primary amides is 1. The number of carbonyl (C=O) groups excluding carboxylic acids is 4. The van der Waals surface area contributed by atoms with Gasteiger partial charge in [-0.2, -0.15) is 0 Å². The second kappa shape index (κ2) is 17.3. The summed E-state index contributed by atoms with van der Waals surface area (Å²) < 4.78 is 17.0. The van der Waals surface area contributed by atoms with Crippen molar-refractivity contribution < 1.29 is 33.4 Å². The molecule has 1 aliphatic rings. The van der Waals surface area contributed by atoms with Crippen LogP contribution in [0.15, 0.2) is 78.3 Å². The zero-order valence-corrected chi connectivity index (χ0v) is 30.7.